The van der Waals surface area contributed by atoms with E-state index < -0.39 is 22.7 Å². The molecule has 0 aromatic heterocycles. The van der Waals surface area contributed by atoms with Crippen molar-refractivity contribution in [2.75, 3.05) is 57.9 Å². The van der Waals surface area contributed by atoms with E-state index in [2.05, 4.69) is 0 Å². The highest BCUT2D eigenvalue weighted by molar-refractivity contribution is 5.84. The molecule has 1 aromatic carbocycles. The quantitative estimate of drug-likeness (QED) is 0.665. The molecule has 7 nitrogen and oxygen atoms in total. The standard InChI is InChI=1S/C24H29F3N4O3/c1-34-15-21(32)31-14-20(22(33)30-8-2-3-9-30)23(16-31)6-10-29(11-7-23)18-5-4-17(13-28)19(12-18)24(25,26)27/h4-5,12,20H,2-3,6-11,14-16H2,1H3. The number of benzene rings is 1. The number of halogens is 3. The van der Waals surface area contributed by atoms with E-state index in [1.165, 1.54) is 13.2 Å². The zero-order valence-electron chi connectivity index (χ0n) is 19.2. The Bertz CT molecular complexity index is 977. The van der Waals surface area contributed by atoms with E-state index in [9.17, 15) is 22.8 Å². The summed E-state index contributed by atoms with van der Waals surface area (Å²) >= 11 is 0. The van der Waals surface area contributed by atoms with Gasteiger partial charge in [0.2, 0.25) is 11.8 Å². The van der Waals surface area contributed by atoms with Crippen molar-refractivity contribution in [3.63, 3.8) is 0 Å². The van der Waals surface area contributed by atoms with Gasteiger partial charge in [0.15, 0.2) is 0 Å². The number of piperidine rings is 1. The van der Waals surface area contributed by atoms with E-state index in [0.29, 0.717) is 44.7 Å². The number of amides is 2. The molecule has 0 bridgehead atoms. The van der Waals surface area contributed by atoms with Crippen LogP contribution in [0.3, 0.4) is 0 Å². The molecule has 3 saturated heterocycles. The summed E-state index contributed by atoms with van der Waals surface area (Å²) in [6.07, 6.45) is -1.47. The first-order chi connectivity index (χ1) is 16.2. The van der Waals surface area contributed by atoms with Crippen LogP contribution in [0.25, 0.3) is 0 Å². The largest absolute Gasteiger partial charge is 0.417 e. The predicted octanol–water partition coefficient (Wildman–Crippen LogP) is 2.89. The molecule has 3 aliphatic heterocycles. The fraction of sp³-hybridized carbons (Fsp3) is 0.625. The van der Waals surface area contributed by atoms with Crippen LogP contribution in [0.5, 0.6) is 0 Å². The van der Waals surface area contributed by atoms with Gasteiger partial charge in [-0.1, -0.05) is 0 Å². The maximum Gasteiger partial charge on any atom is 0.417 e. The summed E-state index contributed by atoms with van der Waals surface area (Å²) in [6, 6.07) is 5.40. The Balaban J connectivity index is 1.55. The number of methoxy groups -OCH3 is 1. The molecule has 1 aromatic rings. The smallest absolute Gasteiger partial charge is 0.375 e. The zero-order chi connectivity index (χ0) is 24.5. The number of nitriles is 1. The van der Waals surface area contributed by atoms with Crippen molar-refractivity contribution in [3.8, 4) is 6.07 Å². The Labute approximate surface area is 197 Å². The average molecular weight is 479 g/mol. The summed E-state index contributed by atoms with van der Waals surface area (Å²) in [5.74, 6) is -0.389. The zero-order valence-corrected chi connectivity index (χ0v) is 19.2. The second-order valence-electron chi connectivity index (χ2n) is 9.48. The van der Waals surface area contributed by atoms with Crippen molar-refractivity contribution in [1.82, 2.24) is 9.80 Å². The number of nitrogens with zero attached hydrogens (tertiary/aromatic N) is 4. The molecule has 2 amide bonds. The first-order valence-corrected chi connectivity index (χ1v) is 11.6. The fourth-order valence-corrected chi connectivity index (χ4v) is 5.65. The maximum absolute atomic E-state index is 13.4. The van der Waals surface area contributed by atoms with E-state index in [1.54, 1.807) is 17.0 Å². The van der Waals surface area contributed by atoms with E-state index in [-0.39, 0.29) is 24.3 Å². The molecule has 10 heteroatoms. The van der Waals surface area contributed by atoms with Gasteiger partial charge in [-0.15, -0.1) is 0 Å². The molecule has 3 aliphatic rings. The highest BCUT2D eigenvalue weighted by atomic mass is 19.4. The van der Waals surface area contributed by atoms with Gasteiger partial charge in [0.25, 0.3) is 0 Å². The SMILES string of the molecule is COCC(=O)N1CC(C(=O)N2CCCC2)C2(CCN(c3ccc(C#N)c(C(F)(F)F)c3)CC2)C1. The van der Waals surface area contributed by atoms with Gasteiger partial charge in [-0.3, -0.25) is 9.59 Å². The predicted molar refractivity (Wildman–Crippen MR) is 118 cm³/mol. The minimum Gasteiger partial charge on any atom is -0.375 e. The van der Waals surface area contributed by atoms with E-state index >= 15 is 0 Å². The van der Waals surface area contributed by atoms with Crippen LogP contribution >= 0.6 is 0 Å². The summed E-state index contributed by atoms with van der Waals surface area (Å²) in [7, 11) is 1.46. The summed E-state index contributed by atoms with van der Waals surface area (Å²) < 4.78 is 45.3. The minimum atomic E-state index is -4.61. The third-order valence-corrected chi connectivity index (χ3v) is 7.54. The monoisotopic (exact) mass is 478 g/mol. The second kappa shape index (κ2) is 9.45. The van der Waals surface area contributed by atoms with Gasteiger partial charge in [-0.05, 0) is 43.9 Å². The first-order valence-electron chi connectivity index (χ1n) is 11.6. The average Bonchev–Trinajstić information content (AvgIpc) is 3.47. The van der Waals surface area contributed by atoms with Gasteiger partial charge >= 0.3 is 6.18 Å². The topological polar surface area (TPSA) is 76.9 Å². The highest BCUT2D eigenvalue weighted by Crippen LogP contribution is 2.47. The Morgan fingerprint density at radius 3 is 2.41 bits per heavy atom. The maximum atomic E-state index is 13.4. The number of carbonyl (C=O) groups excluding carboxylic acids is 2. The lowest BCUT2D eigenvalue weighted by atomic mass is 9.70. The van der Waals surface area contributed by atoms with E-state index in [0.717, 1.165) is 32.0 Å². The van der Waals surface area contributed by atoms with Crippen LogP contribution in [-0.2, 0) is 20.5 Å². The summed E-state index contributed by atoms with van der Waals surface area (Å²) in [4.78, 5) is 31.5. The van der Waals surface area contributed by atoms with Crippen LogP contribution < -0.4 is 4.90 Å². The second-order valence-corrected chi connectivity index (χ2v) is 9.48. The number of ether oxygens (including phenoxy) is 1. The molecule has 1 unspecified atom stereocenters. The van der Waals surface area contributed by atoms with Gasteiger partial charge < -0.3 is 19.4 Å². The molecular weight excluding hydrogens is 449 g/mol. The molecule has 0 radical (unpaired) electrons. The van der Waals surface area contributed by atoms with Gasteiger partial charge in [0.1, 0.15) is 6.61 Å². The van der Waals surface area contributed by atoms with Gasteiger partial charge in [-0.25, -0.2) is 0 Å². The Kier molecular flexibility index (Phi) is 6.76. The molecule has 4 rings (SSSR count). The number of anilines is 1. The van der Waals surface area contributed by atoms with Crippen LogP contribution in [0, 0.1) is 22.7 Å². The molecular formula is C24H29F3N4O3. The lowest BCUT2D eigenvalue weighted by Crippen LogP contribution is -2.49. The third kappa shape index (κ3) is 4.58. The number of hydrogen-bond donors (Lipinski definition) is 0. The summed E-state index contributed by atoms with van der Waals surface area (Å²) in [5, 5.41) is 9.06. The summed E-state index contributed by atoms with van der Waals surface area (Å²) in [5.41, 5.74) is -1.33. The van der Waals surface area contributed by atoms with Gasteiger partial charge in [-0.2, -0.15) is 18.4 Å². The van der Waals surface area contributed by atoms with Crippen molar-refractivity contribution < 1.29 is 27.5 Å². The van der Waals surface area contributed by atoms with Crippen LogP contribution in [0.15, 0.2) is 18.2 Å². The van der Waals surface area contributed by atoms with Crippen LogP contribution in [-0.4, -0.2) is 74.6 Å². The molecule has 1 atom stereocenters. The van der Waals surface area contributed by atoms with E-state index in [1.807, 2.05) is 9.80 Å². The molecule has 0 N–H and O–H groups in total. The number of hydrogen-bond acceptors (Lipinski definition) is 5. The number of likely N-dealkylation sites (tertiary alicyclic amines) is 2. The summed E-state index contributed by atoms with van der Waals surface area (Å²) in [6.45, 7) is 3.17. The van der Waals surface area contributed by atoms with Crippen molar-refractivity contribution in [2.45, 2.75) is 31.9 Å². The minimum absolute atomic E-state index is 0.0434. The molecule has 3 fully saturated rings. The Hall–Kier alpha value is -2.80. The Morgan fingerprint density at radius 1 is 1.15 bits per heavy atom. The first kappa shape index (κ1) is 24.3. The van der Waals surface area contributed by atoms with Crippen LogP contribution in [0.4, 0.5) is 18.9 Å². The van der Waals surface area contributed by atoms with Crippen molar-refractivity contribution >= 4 is 17.5 Å². The van der Waals surface area contributed by atoms with Crippen LogP contribution in [0.1, 0.15) is 36.8 Å². The molecule has 184 valence electrons. The molecule has 3 heterocycles. The number of carbonyl (C=O) groups is 2. The molecule has 0 aliphatic carbocycles. The van der Waals surface area contributed by atoms with E-state index in [4.69, 9.17) is 10.00 Å². The van der Waals surface area contributed by atoms with Crippen molar-refractivity contribution in [1.29, 1.82) is 5.26 Å². The third-order valence-electron chi connectivity index (χ3n) is 7.54. The number of rotatable bonds is 4. The molecule has 1 spiro atoms. The number of alkyl halides is 3. The highest BCUT2D eigenvalue weighted by Gasteiger charge is 2.53. The normalized spacial score (nSPS) is 22.3. The van der Waals surface area contributed by atoms with Crippen molar-refractivity contribution in [2.24, 2.45) is 11.3 Å². The fourth-order valence-electron chi connectivity index (χ4n) is 5.65. The van der Waals surface area contributed by atoms with Gasteiger partial charge in [0, 0.05) is 57.5 Å². The van der Waals surface area contributed by atoms with Gasteiger partial charge in [0.05, 0.1) is 23.1 Å². The molecule has 0 saturated carbocycles. The lowest BCUT2D eigenvalue weighted by Gasteiger charge is -2.43. The van der Waals surface area contributed by atoms with Crippen molar-refractivity contribution in [3.05, 3.63) is 29.3 Å². The molecule has 34 heavy (non-hydrogen) atoms. The Morgan fingerprint density at radius 2 is 1.82 bits per heavy atom. The van der Waals surface area contributed by atoms with Crippen LogP contribution in [0.2, 0.25) is 0 Å². The lowest BCUT2D eigenvalue weighted by molar-refractivity contribution is -0.139.